The molecule has 2 heterocycles. The highest BCUT2D eigenvalue weighted by atomic mass is 16.5. The predicted octanol–water partition coefficient (Wildman–Crippen LogP) is 0.902. The van der Waals surface area contributed by atoms with Crippen molar-refractivity contribution in [1.82, 2.24) is 14.1 Å². The number of carbonyl (C=O) groups is 1. The van der Waals surface area contributed by atoms with Crippen molar-refractivity contribution in [2.45, 2.75) is 0 Å². The molecule has 27 heavy (non-hydrogen) atoms. The van der Waals surface area contributed by atoms with E-state index in [1.165, 1.54) is 51.2 Å². The van der Waals surface area contributed by atoms with Gasteiger partial charge in [-0.25, -0.2) is 9.78 Å². The Labute approximate surface area is 153 Å². The van der Waals surface area contributed by atoms with E-state index in [-0.39, 0.29) is 16.7 Å². The largest absolute Gasteiger partial charge is 0.493 e. The number of carbonyl (C=O) groups excluding carboxylic acids is 1. The molecule has 0 saturated heterocycles. The maximum atomic E-state index is 12.7. The third-order valence-corrected chi connectivity index (χ3v) is 4.23. The Bertz CT molecular complexity index is 1160. The molecule has 0 spiro atoms. The summed E-state index contributed by atoms with van der Waals surface area (Å²) in [5, 5.41) is 2.85. The van der Waals surface area contributed by atoms with Gasteiger partial charge in [-0.3, -0.25) is 18.7 Å². The number of methoxy groups -OCH3 is 2. The second kappa shape index (κ2) is 6.94. The summed E-state index contributed by atoms with van der Waals surface area (Å²) in [6.45, 7) is 0. The van der Waals surface area contributed by atoms with Gasteiger partial charge in [-0.15, -0.1) is 0 Å². The smallest absolute Gasteiger partial charge is 0.332 e. The van der Waals surface area contributed by atoms with Crippen molar-refractivity contribution in [3.63, 3.8) is 0 Å². The maximum Gasteiger partial charge on any atom is 0.332 e. The third kappa shape index (κ3) is 3.03. The Morgan fingerprint density at radius 1 is 1.04 bits per heavy atom. The number of anilines is 1. The molecule has 3 rings (SSSR count). The van der Waals surface area contributed by atoms with Crippen LogP contribution in [0.4, 0.5) is 5.69 Å². The van der Waals surface area contributed by atoms with E-state index in [9.17, 15) is 14.4 Å². The molecular formula is C18H18N4O5. The van der Waals surface area contributed by atoms with Crippen LogP contribution in [-0.2, 0) is 14.1 Å². The first-order valence-electron chi connectivity index (χ1n) is 7.97. The zero-order valence-corrected chi connectivity index (χ0v) is 15.3. The number of nitrogens with one attached hydrogen (secondary N) is 1. The number of fused-ring (bicyclic) bond motifs is 1. The SMILES string of the molecule is COc1ccc(C(=O)Nc2ccnc3c2c(=O)n(C)c(=O)n3C)cc1OC. The van der Waals surface area contributed by atoms with Gasteiger partial charge < -0.3 is 14.8 Å². The molecule has 140 valence electrons. The first-order chi connectivity index (χ1) is 12.9. The van der Waals surface area contributed by atoms with E-state index in [2.05, 4.69) is 10.3 Å². The van der Waals surface area contributed by atoms with Crippen molar-refractivity contribution in [3.05, 3.63) is 56.9 Å². The van der Waals surface area contributed by atoms with Gasteiger partial charge in [0.25, 0.3) is 11.5 Å². The van der Waals surface area contributed by atoms with E-state index >= 15 is 0 Å². The van der Waals surface area contributed by atoms with Gasteiger partial charge in [0.15, 0.2) is 17.1 Å². The molecule has 0 bridgehead atoms. The van der Waals surface area contributed by atoms with Gasteiger partial charge >= 0.3 is 5.69 Å². The van der Waals surface area contributed by atoms with Gasteiger partial charge in [0.1, 0.15) is 5.39 Å². The molecular weight excluding hydrogens is 352 g/mol. The third-order valence-electron chi connectivity index (χ3n) is 4.23. The minimum atomic E-state index is -0.538. The van der Waals surface area contributed by atoms with Crippen LogP contribution in [0.3, 0.4) is 0 Å². The number of benzene rings is 1. The summed E-state index contributed by atoms with van der Waals surface area (Å²) in [5.41, 5.74) is -0.268. The molecule has 3 aromatic rings. The van der Waals surface area contributed by atoms with Crippen LogP contribution in [0.1, 0.15) is 10.4 Å². The molecule has 1 aromatic carbocycles. The topological polar surface area (TPSA) is 104 Å². The fraction of sp³-hybridized carbons (Fsp3) is 0.222. The second-order valence-electron chi connectivity index (χ2n) is 5.79. The molecule has 0 aliphatic rings. The molecule has 0 radical (unpaired) electrons. The minimum absolute atomic E-state index is 0.149. The fourth-order valence-electron chi connectivity index (χ4n) is 2.76. The van der Waals surface area contributed by atoms with Crippen LogP contribution in [0.15, 0.2) is 40.1 Å². The molecule has 1 amide bonds. The van der Waals surface area contributed by atoms with Crippen molar-refractivity contribution in [1.29, 1.82) is 0 Å². The first kappa shape index (κ1) is 18.2. The average Bonchev–Trinajstić information content (AvgIpc) is 2.69. The van der Waals surface area contributed by atoms with E-state index in [1.807, 2.05) is 0 Å². The van der Waals surface area contributed by atoms with Gasteiger partial charge in [0.2, 0.25) is 0 Å². The Morgan fingerprint density at radius 3 is 2.41 bits per heavy atom. The quantitative estimate of drug-likeness (QED) is 0.732. The Morgan fingerprint density at radius 2 is 1.74 bits per heavy atom. The molecule has 0 saturated carbocycles. The second-order valence-corrected chi connectivity index (χ2v) is 5.79. The summed E-state index contributed by atoms with van der Waals surface area (Å²) in [4.78, 5) is 41.4. The lowest BCUT2D eigenvalue weighted by Crippen LogP contribution is -2.37. The number of nitrogens with zero attached hydrogens (tertiary/aromatic N) is 3. The van der Waals surface area contributed by atoms with Crippen molar-refractivity contribution in [2.75, 3.05) is 19.5 Å². The maximum absolute atomic E-state index is 12.7. The van der Waals surface area contributed by atoms with Crippen molar-refractivity contribution in [2.24, 2.45) is 14.1 Å². The van der Waals surface area contributed by atoms with Crippen molar-refractivity contribution < 1.29 is 14.3 Å². The minimum Gasteiger partial charge on any atom is -0.493 e. The van der Waals surface area contributed by atoms with Gasteiger partial charge in [-0.05, 0) is 24.3 Å². The first-order valence-corrected chi connectivity index (χ1v) is 7.97. The zero-order valence-electron chi connectivity index (χ0n) is 15.3. The molecule has 0 atom stereocenters. The monoisotopic (exact) mass is 370 g/mol. The van der Waals surface area contributed by atoms with Gasteiger partial charge in [0, 0.05) is 25.9 Å². The van der Waals surface area contributed by atoms with E-state index < -0.39 is 17.2 Å². The summed E-state index contributed by atoms with van der Waals surface area (Å²) in [7, 11) is 5.86. The van der Waals surface area contributed by atoms with Gasteiger partial charge in [-0.1, -0.05) is 0 Å². The van der Waals surface area contributed by atoms with Crippen LogP contribution >= 0.6 is 0 Å². The molecule has 0 unspecified atom stereocenters. The molecule has 0 aliphatic heterocycles. The summed E-state index contributed by atoms with van der Waals surface area (Å²) < 4.78 is 12.6. The van der Waals surface area contributed by atoms with Crippen LogP contribution in [0.5, 0.6) is 11.5 Å². The lowest BCUT2D eigenvalue weighted by Gasteiger charge is -2.12. The van der Waals surface area contributed by atoms with Crippen LogP contribution in [-0.4, -0.2) is 34.2 Å². The highest BCUT2D eigenvalue weighted by molar-refractivity contribution is 6.08. The molecule has 9 heteroatoms. The Balaban J connectivity index is 2.09. The summed E-state index contributed by atoms with van der Waals surface area (Å²) in [5.74, 6) is 0.453. The Kier molecular flexibility index (Phi) is 4.68. The number of aryl methyl sites for hydroxylation is 1. The molecule has 0 fully saturated rings. The lowest BCUT2D eigenvalue weighted by molar-refractivity contribution is 0.102. The van der Waals surface area contributed by atoms with Crippen LogP contribution in [0.25, 0.3) is 11.0 Å². The van der Waals surface area contributed by atoms with Crippen LogP contribution in [0, 0.1) is 0 Å². The molecule has 9 nitrogen and oxygen atoms in total. The van der Waals surface area contributed by atoms with Crippen molar-refractivity contribution in [3.8, 4) is 11.5 Å². The number of ether oxygens (including phenoxy) is 2. The normalized spacial score (nSPS) is 10.7. The molecule has 2 aromatic heterocycles. The number of aromatic nitrogens is 3. The zero-order chi connectivity index (χ0) is 19.7. The van der Waals surface area contributed by atoms with E-state index in [4.69, 9.17) is 9.47 Å². The van der Waals surface area contributed by atoms with E-state index in [1.54, 1.807) is 12.1 Å². The summed E-state index contributed by atoms with van der Waals surface area (Å²) in [6.07, 6.45) is 1.42. The van der Waals surface area contributed by atoms with E-state index in [0.29, 0.717) is 17.1 Å². The standard InChI is InChI=1S/C18H18N4O5/c1-21-15-14(17(24)22(2)18(21)25)11(7-8-19-15)20-16(23)10-5-6-12(26-3)13(9-10)27-4/h5-9H,1-4H3,(H,19,20,23). The molecule has 1 N–H and O–H groups in total. The number of hydrogen-bond donors (Lipinski definition) is 1. The number of hydrogen-bond acceptors (Lipinski definition) is 6. The highest BCUT2D eigenvalue weighted by Gasteiger charge is 2.16. The fourth-order valence-corrected chi connectivity index (χ4v) is 2.76. The van der Waals surface area contributed by atoms with Crippen LogP contribution < -0.4 is 26.0 Å². The lowest BCUT2D eigenvalue weighted by atomic mass is 10.1. The summed E-state index contributed by atoms with van der Waals surface area (Å²) >= 11 is 0. The number of rotatable bonds is 4. The van der Waals surface area contributed by atoms with Gasteiger partial charge in [-0.2, -0.15) is 0 Å². The van der Waals surface area contributed by atoms with Crippen LogP contribution in [0.2, 0.25) is 0 Å². The molecule has 0 aliphatic carbocycles. The Hall–Kier alpha value is -3.62. The van der Waals surface area contributed by atoms with Gasteiger partial charge in [0.05, 0.1) is 19.9 Å². The summed E-state index contributed by atoms with van der Waals surface area (Å²) in [6, 6.07) is 6.23. The highest BCUT2D eigenvalue weighted by Crippen LogP contribution is 2.28. The average molecular weight is 370 g/mol. The predicted molar refractivity (Wildman–Crippen MR) is 99.7 cm³/mol. The van der Waals surface area contributed by atoms with Crippen molar-refractivity contribution >= 4 is 22.6 Å². The van der Waals surface area contributed by atoms with E-state index in [0.717, 1.165) is 4.57 Å². The number of pyridine rings is 1. The number of amides is 1.